The number of halogens is 2. The Morgan fingerprint density at radius 1 is 1.05 bits per heavy atom. The Labute approximate surface area is 139 Å². The van der Waals surface area contributed by atoms with Crippen LogP contribution in [0.2, 0.25) is 0 Å². The van der Waals surface area contributed by atoms with Crippen LogP contribution in [0.4, 0.5) is 0 Å². The molecule has 3 N–H and O–H groups in total. The van der Waals surface area contributed by atoms with Crippen molar-refractivity contribution in [3.63, 3.8) is 0 Å². The molecule has 1 aromatic rings. The fourth-order valence-corrected chi connectivity index (χ4v) is 3.28. The fraction of sp³-hybridized carbons (Fsp3) is 0.462. The van der Waals surface area contributed by atoms with E-state index in [1.165, 1.54) is 0 Å². The predicted molar refractivity (Wildman–Crippen MR) is 90.0 cm³/mol. The van der Waals surface area contributed by atoms with Crippen molar-refractivity contribution in [1.29, 1.82) is 0 Å². The first-order chi connectivity index (χ1) is 8.91. The zero-order valence-corrected chi connectivity index (χ0v) is 14.9. The van der Waals surface area contributed by atoms with Crippen LogP contribution in [0.1, 0.15) is 48.5 Å². The molecule has 0 atom stereocenters. The number of phenolic OH excluding ortho intramolecular Hbond substituents is 1. The molecule has 0 radical (unpaired) electrons. The minimum Gasteiger partial charge on any atom is -0.504 e. The third-order valence-electron chi connectivity index (χ3n) is 2.92. The topological polar surface area (TPSA) is 77.8 Å². The van der Waals surface area contributed by atoms with E-state index >= 15 is 0 Å². The van der Waals surface area contributed by atoms with Gasteiger partial charge in [-0.3, -0.25) is 0 Å². The first-order valence-corrected chi connectivity index (χ1v) is 8.22. The smallest absolute Gasteiger partial charge is 0.339 e. The molecule has 0 saturated carbocycles. The first-order valence-electron chi connectivity index (χ1n) is 6.06. The average molecular weight is 490 g/mol. The molecule has 0 saturated heterocycles. The van der Waals surface area contributed by atoms with Gasteiger partial charge >= 0.3 is 5.97 Å². The maximum atomic E-state index is 11.3. The van der Waals surface area contributed by atoms with Gasteiger partial charge in [0.2, 0.25) is 0 Å². The van der Waals surface area contributed by atoms with Gasteiger partial charge in [0.15, 0.2) is 11.5 Å². The van der Waals surface area contributed by atoms with E-state index in [0.29, 0.717) is 19.1 Å². The molecular weight excluding hydrogens is 474 g/mol. The molecule has 4 nitrogen and oxygen atoms in total. The summed E-state index contributed by atoms with van der Waals surface area (Å²) >= 11 is 3.94. The molecule has 0 unspecified atom stereocenters. The normalized spacial score (nSPS) is 10.7. The Hall–Kier alpha value is -0.250. The van der Waals surface area contributed by atoms with Gasteiger partial charge in [-0.25, -0.2) is 4.79 Å². The van der Waals surface area contributed by atoms with Crippen molar-refractivity contribution >= 4 is 51.2 Å². The summed E-state index contributed by atoms with van der Waals surface area (Å²) in [5.74, 6) is -2.07. The number of rotatable bonds is 6. The molecule has 0 heterocycles. The molecule has 0 fully saturated rings. The van der Waals surface area contributed by atoms with E-state index in [2.05, 4.69) is 6.92 Å². The number of carbonyl (C=O) groups is 1. The largest absolute Gasteiger partial charge is 0.504 e. The second-order valence-electron chi connectivity index (χ2n) is 4.29. The van der Waals surface area contributed by atoms with Crippen LogP contribution in [-0.4, -0.2) is 21.3 Å². The monoisotopic (exact) mass is 490 g/mol. The molecule has 0 bridgehead atoms. The number of carboxylic acid groups (broad SMARTS) is 1. The third kappa shape index (κ3) is 3.87. The lowest BCUT2D eigenvalue weighted by Crippen LogP contribution is -2.07. The van der Waals surface area contributed by atoms with Crippen molar-refractivity contribution in [1.82, 2.24) is 0 Å². The van der Waals surface area contributed by atoms with Gasteiger partial charge in [-0.2, -0.15) is 0 Å². The summed E-state index contributed by atoms with van der Waals surface area (Å²) in [6, 6.07) is 0. The van der Waals surface area contributed by atoms with Crippen LogP contribution in [0.5, 0.6) is 11.5 Å². The van der Waals surface area contributed by atoms with Crippen LogP contribution >= 0.6 is 45.2 Å². The lowest BCUT2D eigenvalue weighted by Gasteiger charge is -2.14. The summed E-state index contributed by atoms with van der Waals surface area (Å²) in [4.78, 5) is 11.3. The highest BCUT2D eigenvalue weighted by atomic mass is 127. The zero-order chi connectivity index (χ0) is 14.6. The minimum absolute atomic E-state index is 0.168. The number of carboxylic acids is 1. The van der Waals surface area contributed by atoms with Gasteiger partial charge in [-0.05, 0) is 63.6 Å². The summed E-state index contributed by atoms with van der Waals surface area (Å²) in [6.45, 7) is 2.11. The Bertz CT molecular complexity index is 486. The molecule has 0 amide bonds. The van der Waals surface area contributed by atoms with Crippen molar-refractivity contribution in [2.75, 3.05) is 0 Å². The number of phenols is 2. The fourth-order valence-electron chi connectivity index (χ4n) is 1.91. The van der Waals surface area contributed by atoms with E-state index in [1.54, 1.807) is 0 Å². The van der Waals surface area contributed by atoms with Crippen molar-refractivity contribution in [3.8, 4) is 11.5 Å². The SMILES string of the molecule is CCCCCCc1c(I)c(I)c(O)c(O)c1C(=O)O. The molecule has 0 spiro atoms. The van der Waals surface area contributed by atoms with Gasteiger partial charge in [0, 0.05) is 3.57 Å². The highest BCUT2D eigenvalue weighted by Crippen LogP contribution is 2.40. The van der Waals surface area contributed by atoms with E-state index in [4.69, 9.17) is 0 Å². The first kappa shape index (κ1) is 16.8. The summed E-state index contributed by atoms with van der Waals surface area (Å²) in [5, 5.41) is 28.8. The lowest BCUT2D eigenvalue weighted by atomic mass is 9.99. The highest BCUT2D eigenvalue weighted by molar-refractivity contribution is 14.1. The van der Waals surface area contributed by atoms with Crippen molar-refractivity contribution in [3.05, 3.63) is 18.3 Å². The Morgan fingerprint density at radius 3 is 2.21 bits per heavy atom. The predicted octanol–water partition coefficient (Wildman–Crippen LogP) is 4.13. The van der Waals surface area contributed by atoms with E-state index in [1.807, 2.05) is 45.2 Å². The summed E-state index contributed by atoms with van der Waals surface area (Å²) in [7, 11) is 0. The van der Waals surface area contributed by atoms with Gasteiger partial charge < -0.3 is 15.3 Å². The van der Waals surface area contributed by atoms with Crippen molar-refractivity contribution < 1.29 is 20.1 Å². The molecule has 0 aliphatic carbocycles. The molecule has 1 rings (SSSR count). The van der Waals surface area contributed by atoms with Crippen molar-refractivity contribution in [2.24, 2.45) is 0 Å². The van der Waals surface area contributed by atoms with Crippen LogP contribution in [0.25, 0.3) is 0 Å². The molecule has 0 aromatic heterocycles. The van der Waals surface area contributed by atoms with Gasteiger partial charge in [-0.15, -0.1) is 0 Å². The third-order valence-corrected chi connectivity index (χ3v) is 6.20. The molecule has 0 aliphatic heterocycles. The average Bonchev–Trinajstić information content (AvgIpc) is 2.37. The number of aromatic hydroxyl groups is 2. The van der Waals surface area contributed by atoms with Crippen molar-refractivity contribution in [2.45, 2.75) is 39.0 Å². The summed E-state index contributed by atoms with van der Waals surface area (Å²) < 4.78 is 1.22. The number of benzene rings is 1. The number of aromatic carboxylic acids is 1. The molecule has 6 heteroatoms. The second kappa shape index (κ2) is 7.51. The number of unbranched alkanes of at least 4 members (excludes halogenated alkanes) is 3. The standard InChI is InChI=1S/C13H16I2O4/c1-2-3-4-5-6-7-8(13(18)19)11(16)12(17)10(15)9(7)14/h16-17H,2-6H2,1H3,(H,18,19). The quantitative estimate of drug-likeness (QED) is 0.319. The van der Waals surface area contributed by atoms with Crippen LogP contribution in [-0.2, 0) is 6.42 Å². The molecule has 19 heavy (non-hydrogen) atoms. The highest BCUT2D eigenvalue weighted by Gasteiger charge is 2.24. The van der Waals surface area contributed by atoms with Crippen LogP contribution in [0.3, 0.4) is 0 Å². The zero-order valence-electron chi connectivity index (χ0n) is 10.5. The van der Waals surface area contributed by atoms with Crippen LogP contribution < -0.4 is 0 Å². The van der Waals surface area contributed by atoms with Crippen LogP contribution in [0, 0.1) is 7.14 Å². The van der Waals surface area contributed by atoms with E-state index in [9.17, 15) is 20.1 Å². The van der Waals surface area contributed by atoms with E-state index in [-0.39, 0.29) is 11.3 Å². The van der Waals surface area contributed by atoms with E-state index in [0.717, 1.165) is 25.7 Å². The molecule has 0 aliphatic rings. The minimum atomic E-state index is -1.20. The van der Waals surface area contributed by atoms with Gasteiger partial charge in [0.1, 0.15) is 5.56 Å². The summed E-state index contributed by atoms with van der Waals surface area (Å²) in [5.41, 5.74) is 0.447. The van der Waals surface area contributed by atoms with Gasteiger partial charge in [0.25, 0.3) is 0 Å². The van der Waals surface area contributed by atoms with Crippen LogP contribution in [0.15, 0.2) is 0 Å². The molecule has 106 valence electrons. The Morgan fingerprint density at radius 2 is 1.68 bits per heavy atom. The maximum absolute atomic E-state index is 11.3. The lowest BCUT2D eigenvalue weighted by molar-refractivity contribution is 0.0691. The maximum Gasteiger partial charge on any atom is 0.339 e. The van der Waals surface area contributed by atoms with E-state index < -0.39 is 11.7 Å². The number of hydrogen-bond acceptors (Lipinski definition) is 3. The van der Waals surface area contributed by atoms with Gasteiger partial charge in [-0.1, -0.05) is 26.2 Å². The Kier molecular flexibility index (Phi) is 6.64. The second-order valence-corrected chi connectivity index (χ2v) is 6.45. The Balaban J connectivity index is 3.16. The number of hydrogen-bond donors (Lipinski definition) is 3. The molecule has 1 aromatic carbocycles. The summed E-state index contributed by atoms with van der Waals surface area (Å²) in [6.07, 6.45) is 4.74. The molecular formula is C13H16I2O4. The van der Waals surface area contributed by atoms with Gasteiger partial charge in [0.05, 0.1) is 3.57 Å².